The van der Waals surface area contributed by atoms with Crippen LogP contribution in [0.2, 0.25) is 0 Å². The number of sulfone groups is 1. The van der Waals surface area contributed by atoms with Crippen LogP contribution in [0.1, 0.15) is 60.3 Å². The number of hydrogen-bond donors (Lipinski definition) is 0. The SMILES string of the molecule is CCC1=CC2=C(CCOC23CCN(C(=O)OC(C)(C)C)C(C)C3)S1(=O)=O. The van der Waals surface area contributed by atoms with Gasteiger partial charge >= 0.3 is 6.09 Å². The fourth-order valence-corrected chi connectivity index (χ4v) is 6.02. The van der Waals surface area contributed by atoms with Crippen LogP contribution in [0.3, 0.4) is 0 Å². The monoisotopic (exact) mass is 383 g/mol. The number of rotatable bonds is 1. The molecule has 2 atom stereocenters. The minimum absolute atomic E-state index is 0.0905. The predicted octanol–water partition coefficient (Wildman–Crippen LogP) is 3.54. The van der Waals surface area contributed by atoms with E-state index < -0.39 is 21.0 Å². The third kappa shape index (κ3) is 3.20. The molecule has 3 heterocycles. The van der Waals surface area contributed by atoms with Crippen molar-refractivity contribution in [2.45, 2.75) is 77.5 Å². The number of carbonyl (C=O) groups is 1. The van der Waals surface area contributed by atoms with Gasteiger partial charge in [0.1, 0.15) is 5.60 Å². The minimum atomic E-state index is -3.33. The van der Waals surface area contributed by atoms with Gasteiger partial charge < -0.3 is 14.4 Å². The van der Waals surface area contributed by atoms with Gasteiger partial charge in [0.25, 0.3) is 0 Å². The van der Waals surface area contributed by atoms with Crippen molar-refractivity contribution in [1.29, 1.82) is 0 Å². The van der Waals surface area contributed by atoms with Crippen LogP contribution < -0.4 is 0 Å². The van der Waals surface area contributed by atoms with E-state index in [1.165, 1.54) is 0 Å². The Bertz CT molecular complexity index is 774. The molecule has 6 nitrogen and oxygen atoms in total. The summed E-state index contributed by atoms with van der Waals surface area (Å²) in [6, 6.07) is -0.0905. The average Bonchev–Trinajstić information content (AvgIpc) is 2.78. The average molecular weight is 384 g/mol. The van der Waals surface area contributed by atoms with Crippen molar-refractivity contribution in [3.05, 3.63) is 21.5 Å². The summed E-state index contributed by atoms with van der Waals surface area (Å²) in [6.07, 6.45) is 3.58. The maximum atomic E-state index is 12.7. The van der Waals surface area contributed by atoms with E-state index in [4.69, 9.17) is 9.47 Å². The fraction of sp³-hybridized carbons (Fsp3) is 0.737. The fourth-order valence-electron chi connectivity index (χ4n) is 4.16. The molecular weight excluding hydrogens is 354 g/mol. The number of ether oxygens (including phenoxy) is 2. The molecule has 0 radical (unpaired) electrons. The van der Waals surface area contributed by atoms with Crippen molar-refractivity contribution in [3.8, 4) is 0 Å². The molecule has 3 rings (SSSR count). The zero-order valence-corrected chi connectivity index (χ0v) is 17.1. The highest BCUT2D eigenvalue weighted by molar-refractivity contribution is 7.99. The first-order chi connectivity index (χ1) is 12.0. The van der Waals surface area contributed by atoms with Crippen LogP contribution in [0.25, 0.3) is 0 Å². The van der Waals surface area contributed by atoms with Crippen molar-refractivity contribution >= 4 is 15.9 Å². The number of fused-ring (bicyclic) bond motifs is 1. The lowest BCUT2D eigenvalue weighted by Crippen LogP contribution is -2.55. The largest absolute Gasteiger partial charge is 0.444 e. The second-order valence-corrected chi connectivity index (χ2v) is 10.4. The molecule has 3 aliphatic rings. The second-order valence-electron chi connectivity index (χ2n) is 8.37. The molecule has 3 aliphatic heterocycles. The van der Waals surface area contributed by atoms with Crippen LogP contribution >= 0.6 is 0 Å². The maximum absolute atomic E-state index is 12.7. The summed E-state index contributed by atoms with van der Waals surface area (Å²) in [5.41, 5.74) is -0.340. The number of carbonyl (C=O) groups excluding carboxylic acids is 1. The highest BCUT2D eigenvalue weighted by atomic mass is 32.2. The molecule has 2 unspecified atom stereocenters. The van der Waals surface area contributed by atoms with Gasteiger partial charge in [-0.3, -0.25) is 0 Å². The Labute approximate surface area is 156 Å². The van der Waals surface area contributed by atoms with Gasteiger partial charge in [0, 0.05) is 30.3 Å². The topological polar surface area (TPSA) is 72.9 Å². The van der Waals surface area contributed by atoms with Crippen LogP contribution in [0, 0.1) is 0 Å². The summed E-state index contributed by atoms with van der Waals surface area (Å²) in [7, 11) is -3.33. The van der Waals surface area contributed by atoms with Gasteiger partial charge in [-0.15, -0.1) is 0 Å². The van der Waals surface area contributed by atoms with E-state index in [1.54, 1.807) is 4.90 Å². The van der Waals surface area contributed by atoms with Crippen molar-refractivity contribution in [2.75, 3.05) is 13.2 Å². The summed E-state index contributed by atoms with van der Waals surface area (Å²) >= 11 is 0. The van der Waals surface area contributed by atoms with E-state index in [2.05, 4.69) is 0 Å². The Morgan fingerprint density at radius 2 is 2.12 bits per heavy atom. The van der Waals surface area contributed by atoms with Gasteiger partial charge in [0.05, 0.1) is 17.1 Å². The Hall–Kier alpha value is -1.34. The number of hydrogen-bond acceptors (Lipinski definition) is 5. The molecule has 1 saturated heterocycles. The molecule has 0 aromatic carbocycles. The van der Waals surface area contributed by atoms with Gasteiger partial charge in [-0.25, -0.2) is 13.2 Å². The van der Waals surface area contributed by atoms with Crippen LogP contribution in [0.5, 0.6) is 0 Å². The maximum Gasteiger partial charge on any atom is 0.410 e. The highest BCUT2D eigenvalue weighted by Gasteiger charge is 2.50. The smallest absolute Gasteiger partial charge is 0.410 e. The number of piperidine rings is 1. The van der Waals surface area contributed by atoms with Crippen molar-refractivity contribution in [1.82, 2.24) is 4.90 Å². The van der Waals surface area contributed by atoms with Crippen LogP contribution in [-0.2, 0) is 19.3 Å². The molecular formula is C19H29NO5S. The normalized spacial score (nSPS) is 31.0. The number of likely N-dealkylation sites (tertiary alicyclic amines) is 1. The lowest BCUT2D eigenvalue weighted by molar-refractivity contribution is -0.0782. The third-order valence-corrected chi connectivity index (χ3v) is 7.53. The minimum Gasteiger partial charge on any atom is -0.444 e. The first-order valence-electron chi connectivity index (χ1n) is 9.33. The first-order valence-corrected chi connectivity index (χ1v) is 10.8. The highest BCUT2D eigenvalue weighted by Crippen LogP contribution is 2.48. The van der Waals surface area contributed by atoms with Crippen molar-refractivity contribution < 1.29 is 22.7 Å². The molecule has 0 aromatic rings. The van der Waals surface area contributed by atoms with E-state index in [0.717, 1.165) is 5.57 Å². The molecule has 0 aliphatic carbocycles. The van der Waals surface area contributed by atoms with Gasteiger partial charge in [0.15, 0.2) is 9.84 Å². The summed E-state index contributed by atoms with van der Waals surface area (Å²) in [6.45, 7) is 10.3. The molecule has 0 N–H and O–H groups in total. The van der Waals surface area contributed by atoms with Crippen molar-refractivity contribution in [2.24, 2.45) is 0 Å². The summed E-state index contributed by atoms with van der Waals surface area (Å²) < 4.78 is 37.1. The number of nitrogens with zero attached hydrogens (tertiary/aromatic N) is 1. The summed E-state index contributed by atoms with van der Waals surface area (Å²) in [5, 5.41) is 0. The van der Waals surface area contributed by atoms with Crippen molar-refractivity contribution in [3.63, 3.8) is 0 Å². The molecule has 7 heteroatoms. The van der Waals surface area contributed by atoms with E-state index in [0.29, 0.717) is 48.6 Å². The second kappa shape index (κ2) is 6.37. The van der Waals surface area contributed by atoms with E-state index >= 15 is 0 Å². The quantitative estimate of drug-likeness (QED) is 0.692. The standard InChI is InChI=1S/C19H29NO5S/c1-6-14-11-15-16(26(14,22)23)7-10-24-19(15)8-9-20(13(2)12-19)17(21)25-18(3,4)5/h11,13H,6-10,12H2,1-5H3. The number of allylic oxidation sites excluding steroid dienone is 1. The Balaban J connectivity index is 1.86. The molecule has 1 amide bonds. The first kappa shape index (κ1) is 19.4. The van der Waals surface area contributed by atoms with Crippen LogP contribution in [0.15, 0.2) is 21.5 Å². The van der Waals surface area contributed by atoms with Gasteiger partial charge in [-0.05, 0) is 52.2 Å². The molecule has 0 bridgehead atoms. The van der Waals surface area contributed by atoms with E-state index in [1.807, 2.05) is 40.7 Å². The molecule has 1 fully saturated rings. The zero-order valence-electron chi connectivity index (χ0n) is 16.3. The Kier molecular flexibility index (Phi) is 4.76. The van der Waals surface area contributed by atoms with E-state index in [9.17, 15) is 13.2 Å². The summed E-state index contributed by atoms with van der Waals surface area (Å²) in [4.78, 5) is 15.2. The molecule has 0 saturated carbocycles. The predicted molar refractivity (Wildman–Crippen MR) is 99.3 cm³/mol. The van der Waals surface area contributed by atoms with Crippen LogP contribution in [0.4, 0.5) is 4.79 Å². The number of amides is 1. The summed E-state index contributed by atoms with van der Waals surface area (Å²) in [5.74, 6) is 0. The third-order valence-electron chi connectivity index (χ3n) is 5.36. The Morgan fingerprint density at radius 1 is 1.42 bits per heavy atom. The molecule has 26 heavy (non-hydrogen) atoms. The molecule has 146 valence electrons. The van der Waals surface area contributed by atoms with Gasteiger partial charge in [0.2, 0.25) is 0 Å². The van der Waals surface area contributed by atoms with Crippen LogP contribution in [-0.4, -0.2) is 49.8 Å². The van der Waals surface area contributed by atoms with E-state index in [-0.39, 0.29) is 12.1 Å². The molecule has 0 aromatic heterocycles. The lowest BCUT2D eigenvalue weighted by atomic mass is 9.79. The Morgan fingerprint density at radius 3 is 2.69 bits per heavy atom. The zero-order chi connectivity index (χ0) is 19.3. The van der Waals surface area contributed by atoms with Gasteiger partial charge in [-0.2, -0.15) is 0 Å². The lowest BCUT2D eigenvalue weighted by Gasteiger charge is -2.47. The molecule has 1 spiro atoms. The van der Waals surface area contributed by atoms with Gasteiger partial charge in [-0.1, -0.05) is 6.92 Å².